The fraction of sp³-hybridized carbons (Fsp3) is 0.250. The Kier molecular flexibility index (Phi) is 3.37. The molecule has 0 radical (unpaired) electrons. The molecule has 110 valence electrons. The first-order valence-electron chi connectivity index (χ1n) is 6.87. The van der Waals surface area contributed by atoms with Crippen molar-refractivity contribution in [1.29, 1.82) is 0 Å². The van der Waals surface area contributed by atoms with Gasteiger partial charge in [-0.05, 0) is 29.7 Å². The molecule has 21 heavy (non-hydrogen) atoms. The van der Waals surface area contributed by atoms with Crippen molar-refractivity contribution in [3.05, 3.63) is 53.6 Å². The van der Waals surface area contributed by atoms with Crippen LogP contribution in [0.1, 0.15) is 11.1 Å². The Bertz CT molecular complexity index is 785. The van der Waals surface area contributed by atoms with Gasteiger partial charge in [0.05, 0.1) is 16.3 Å². The van der Waals surface area contributed by atoms with Gasteiger partial charge < -0.3 is 10.6 Å². The molecular weight excluding hydrogens is 284 g/mol. The van der Waals surface area contributed by atoms with Crippen molar-refractivity contribution < 1.29 is 8.42 Å². The van der Waals surface area contributed by atoms with Crippen molar-refractivity contribution >= 4 is 21.2 Å². The van der Waals surface area contributed by atoms with Crippen LogP contribution in [0.15, 0.2) is 47.4 Å². The number of para-hydroxylation sites is 1. The van der Waals surface area contributed by atoms with E-state index < -0.39 is 9.84 Å². The van der Waals surface area contributed by atoms with E-state index in [-0.39, 0.29) is 4.90 Å². The minimum absolute atomic E-state index is 0.207. The lowest BCUT2D eigenvalue weighted by atomic mass is 9.99. The molecule has 0 amide bonds. The molecule has 0 aromatic heterocycles. The molecule has 0 saturated carbocycles. The lowest BCUT2D eigenvalue weighted by Gasteiger charge is -2.32. The number of benzene rings is 2. The Morgan fingerprint density at radius 3 is 2.48 bits per heavy atom. The topological polar surface area (TPSA) is 63.4 Å². The lowest BCUT2D eigenvalue weighted by molar-refractivity contribution is 0.602. The van der Waals surface area contributed by atoms with Crippen LogP contribution in [0.4, 0.5) is 11.4 Å². The van der Waals surface area contributed by atoms with Gasteiger partial charge in [-0.1, -0.05) is 30.3 Å². The van der Waals surface area contributed by atoms with Crippen molar-refractivity contribution in [1.82, 2.24) is 0 Å². The molecule has 0 bridgehead atoms. The predicted molar refractivity (Wildman–Crippen MR) is 85.2 cm³/mol. The van der Waals surface area contributed by atoms with Crippen LogP contribution < -0.4 is 10.6 Å². The van der Waals surface area contributed by atoms with Gasteiger partial charge in [-0.2, -0.15) is 0 Å². The number of rotatable bonds is 2. The molecular formula is C16H18N2O2S. The van der Waals surface area contributed by atoms with E-state index in [0.717, 1.165) is 25.2 Å². The van der Waals surface area contributed by atoms with Crippen LogP contribution >= 0.6 is 0 Å². The van der Waals surface area contributed by atoms with E-state index in [2.05, 4.69) is 17.0 Å². The van der Waals surface area contributed by atoms with Gasteiger partial charge in [0.25, 0.3) is 0 Å². The average Bonchev–Trinajstić information content (AvgIpc) is 2.46. The minimum atomic E-state index is -3.31. The van der Waals surface area contributed by atoms with Gasteiger partial charge in [-0.15, -0.1) is 0 Å². The van der Waals surface area contributed by atoms with Crippen molar-refractivity contribution in [3.63, 3.8) is 0 Å². The second kappa shape index (κ2) is 5.07. The molecule has 0 fully saturated rings. The lowest BCUT2D eigenvalue weighted by Crippen LogP contribution is -2.31. The zero-order valence-electron chi connectivity index (χ0n) is 11.9. The summed E-state index contributed by atoms with van der Waals surface area (Å²) in [7, 11) is -3.31. The van der Waals surface area contributed by atoms with Crippen LogP contribution in [0, 0.1) is 0 Å². The SMILES string of the molecule is CS(=O)(=O)c1cccc(N2CCc3ccccc3C2)c1N. The summed E-state index contributed by atoms with van der Waals surface area (Å²) in [6, 6.07) is 13.5. The zero-order chi connectivity index (χ0) is 15.0. The molecule has 5 heteroatoms. The van der Waals surface area contributed by atoms with Crippen LogP contribution in [0.3, 0.4) is 0 Å². The Hall–Kier alpha value is -2.01. The molecule has 0 spiro atoms. The Balaban J connectivity index is 2.00. The summed E-state index contributed by atoms with van der Waals surface area (Å²) in [6.07, 6.45) is 2.13. The van der Waals surface area contributed by atoms with E-state index in [1.54, 1.807) is 12.1 Å². The molecule has 3 rings (SSSR count). The van der Waals surface area contributed by atoms with Crippen molar-refractivity contribution in [2.75, 3.05) is 23.4 Å². The fourth-order valence-electron chi connectivity index (χ4n) is 2.83. The molecule has 1 aliphatic heterocycles. The minimum Gasteiger partial charge on any atom is -0.396 e. The molecule has 2 aromatic rings. The Morgan fingerprint density at radius 1 is 1.05 bits per heavy atom. The quantitative estimate of drug-likeness (QED) is 0.864. The molecule has 2 N–H and O–H groups in total. The van der Waals surface area contributed by atoms with Gasteiger partial charge in [0.1, 0.15) is 0 Å². The first-order valence-corrected chi connectivity index (χ1v) is 8.76. The molecule has 0 saturated heterocycles. The van der Waals surface area contributed by atoms with Gasteiger partial charge in [0, 0.05) is 19.3 Å². The standard InChI is InChI=1S/C16H18N2O2S/c1-21(19,20)15-8-4-7-14(16(15)17)18-10-9-12-5-2-3-6-13(12)11-18/h2-8H,9-11,17H2,1H3. The summed E-state index contributed by atoms with van der Waals surface area (Å²) >= 11 is 0. The van der Waals surface area contributed by atoms with Gasteiger partial charge in [0.2, 0.25) is 0 Å². The van der Waals surface area contributed by atoms with Gasteiger partial charge in [-0.25, -0.2) is 8.42 Å². The number of hydrogen-bond donors (Lipinski definition) is 1. The van der Waals surface area contributed by atoms with Crippen molar-refractivity contribution in [2.24, 2.45) is 0 Å². The smallest absolute Gasteiger partial charge is 0.177 e. The second-order valence-corrected chi connectivity index (χ2v) is 7.39. The second-order valence-electron chi connectivity index (χ2n) is 5.40. The molecule has 2 aromatic carbocycles. The number of sulfone groups is 1. The van der Waals surface area contributed by atoms with E-state index >= 15 is 0 Å². The summed E-state index contributed by atoms with van der Waals surface area (Å²) in [5, 5.41) is 0. The largest absolute Gasteiger partial charge is 0.396 e. The molecule has 0 atom stereocenters. The van der Waals surface area contributed by atoms with E-state index in [1.165, 1.54) is 17.4 Å². The fourth-order valence-corrected chi connectivity index (χ4v) is 3.66. The maximum Gasteiger partial charge on any atom is 0.177 e. The van der Waals surface area contributed by atoms with E-state index in [1.807, 2.05) is 18.2 Å². The highest BCUT2D eigenvalue weighted by atomic mass is 32.2. The van der Waals surface area contributed by atoms with E-state index in [0.29, 0.717) is 5.69 Å². The predicted octanol–water partition coefficient (Wildman–Crippen LogP) is 2.24. The number of nitrogens with zero attached hydrogens (tertiary/aromatic N) is 1. The third-order valence-corrected chi connectivity index (χ3v) is 5.07. The highest BCUT2D eigenvalue weighted by Crippen LogP contribution is 2.32. The Labute approximate surface area is 125 Å². The summed E-state index contributed by atoms with van der Waals surface area (Å²) in [5.74, 6) is 0. The molecule has 0 aliphatic carbocycles. The molecule has 1 heterocycles. The number of hydrogen-bond acceptors (Lipinski definition) is 4. The highest BCUT2D eigenvalue weighted by molar-refractivity contribution is 7.90. The van der Waals surface area contributed by atoms with Crippen LogP contribution in [0.5, 0.6) is 0 Å². The molecule has 0 unspecified atom stereocenters. The van der Waals surface area contributed by atoms with E-state index in [9.17, 15) is 8.42 Å². The molecule has 4 nitrogen and oxygen atoms in total. The maximum absolute atomic E-state index is 11.8. The van der Waals surface area contributed by atoms with Crippen LogP contribution in [0.25, 0.3) is 0 Å². The van der Waals surface area contributed by atoms with Gasteiger partial charge in [-0.3, -0.25) is 0 Å². The summed E-state index contributed by atoms with van der Waals surface area (Å²) in [6.45, 7) is 1.60. The summed E-state index contributed by atoms with van der Waals surface area (Å²) < 4.78 is 23.6. The number of anilines is 2. The van der Waals surface area contributed by atoms with Crippen LogP contribution in [-0.4, -0.2) is 21.2 Å². The monoisotopic (exact) mass is 302 g/mol. The summed E-state index contributed by atoms with van der Waals surface area (Å²) in [4.78, 5) is 2.35. The number of nitrogen functional groups attached to an aromatic ring is 1. The van der Waals surface area contributed by atoms with Crippen LogP contribution in [-0.2, 0) is 22.8 Å². The average molecular weight is 302 g/mol. The first-order chi connectivity index (χ1) is 9.97. The van der Waals surface area contributed by atoms with Gasteiger partial charge in [0.15, 0.2) is 9.84 Å². The third kappa shape index (κ3) is 2.61. The van der Waals surface area contributed by atoms with Crippen molar-refractivity contribution in [3.8, 4) is 0 Å². The third-order valence-electron chi connectivity index (χ3n) is 3.91. The Morgan fingerprint density at radius 2 is 1.76 bits per heavy atom. The normalized spacial score (nSPS) is 14.8. The maximum atomic E-state index is 11.8. The van der Waals surface area contributed by atoms with Crippen LogP contribution in [0.2, 0.25) is 0 Å². The van der Waals surface area contributed by atoms with E-state index in [4.69, 9.17) is 5.73 Å². The van der Waals surface area contributed by atoms with Crippen molar-refractivity contribution in [2.45, 2.75) is 17.9 Å². The first kappa shape index (κ1) is 13.9. The zero-order valence-corrected chi connectivity index (χ0v) is 12.7. The summed E-state index contributed by atoms with van der Waals surface area (Å²) in [5.41, 5.74) is 9.87. The van der Waals surface area contributed by atoms with Gasteiger partial charge >= 0.3 is 0 Å². The highest BCUT2D eigenvalue weighted by Gasteiger charge is 2.21. The number of fused-ring (bicyclic) bond motifs is 1. The number of nitrogens with two attached hydrogens (primary N) is 1. The molecule has 1 aliphatic rings.